The van der Waals surface area contributed by atoms with Gasteiger partial charge in [0.1, 0.15) is 11.5 Å². The molecule has 3 aromatic rings. The SMILES string of the molecule is CCc1ccc(-c2sc(C)nc2C(=O)N2CC3CC3C2CNC(=O)c2ccc(F)cc2)cc1. The standard InChI is InChI=1S/C26H26FN3O2S/c1-3-16-4-6-17(7-5-16)24-23(29-15(2)33-24)26(32)30-14-19-12-21(19)22(30)13-28-25(31)18-8-10-20(27)11-9-18/h4-11,19,21-22H,3,12-14H2,1-2H3,(H,28,31). The van der Waals surface area contributed by atoms with Crippen LogP contribution < -0.4 is 5.32 Å². The third-order valence-corrected chi connectivity index (χ3v) is 7.72. The van der Waals surface area contributed by atoms with Gasteiger partial charge < -0.3 is 10.2 Å². The van der Waals surface area contributed by atoms with Crippen LogP contribution in [0.3, 0.4) is 0 Å². The highest BCUT2D eigenvalue weighted by molar-refractivity contribution is 7.15. The Balaban J connectivity index is 1.34. The lowest BCUT2D eigenvalue weighted by molar-refractivity contribution is 0.0690. The number of hydrogen-bond donors (Lipinski definition) is 1. The van der Waals surface area contributed by atoms with Crippen molar-refractivity contribution >= 4 is 23.2 Å². The molecule has 1 N–H and O–H groups in total. The van der Waals surface area contributed by atoms with Crippen LogP contribution in [0.15, 0.2) is 48.5 Å². The van der Waals surface area contributed by atoms with E-state index in [0.717, 1.165) is 28.3 Å². The molecule has 0 radical (unpaired) electrons. The topological polar surface area (TPSA) is 62.3 Å². The van der Waals surface area contributed by atoms with Gasteiger partial charge in [-0.05, 0) is 67.0 Å². The number of nitrogens with one attached hydrogen (secondary N) is 1. The molecule has 33 heavy (non-hydrogen) atoms. The minimum absolute atomic E-state index is 0.0516. The molecule has 170 valence electrons. The van der Waals surface area contributed by atoms with Crippen LogP contribution in [0, 0.1) is 24.6 Å². The number of thiazole rings is 1. The number of amides is 2. The fraction of sp³-hybridized carbons (Fsp3) is 0.346. The van der Waals surface area contributed by atoms with Crippen molar-refractivity contribution in [2.24, 2.45) is 11.8 Å². The van der Waals surface area contributed by atoms with Crippen molar-refractivity contribution in [2.75, 3.05) is 13.1 Å². The molecular weight excluding hydrogens is 437 g/mol. The van der Waals surface area contributed by atoms with Gasteiger partial charge in [-0.1, -0.05) is 31.2 Å². The first-order valence-electron chi connectivity index (χ1n) is 11.4. The Hall–Kier alpha value is -3.06. The van der Waals surface area contributed by atoms with Gasteiger partial charge in [0.2, 0.25) is 0 Å². The van der Waals surface area contributed by atoms with Gasteiger partial charge in [0.15, 0.2) is 0 Å². The highest BCUT2D eigenvalue weighted by Crippen LogP contribution is 2.50. The van der Waals surface area contributed by atoms with Crippen molar-refractivity contribution in [1.29, 1.82) is 0 Å². The highest BCUT2D eigenvalue weighted by atomic mass is 32.1. The van der Waals surface area contributed by atoms with E-state index in [1.54, 1.807) is 0 Å². The fourth-order valence-corrected chi connectivity index (χ4v) is 5.68. The molecule has 2 aliphatic rings. The number of carbonyl (C=O) groups is 2. The lowest BCUT2D eigenvalue weighted by Crippen LogP contribution is -2.45. The summed E-state index contributed by atoms with van der Waals surface area (Å²) in [6.45, 7) is 5.12. The van der Waals surface area contributed by atoms with Crippen LogP contribution in [-0.4, -0.2) is 40.8 Å². The van der Waals surface area contributed by atoms with E-state index in [0.29, 0.717) is 36.2 Å². The summed E-state index contributed by atoms with van der Waals surface area (Å²) < 4.78 is 13.2. The lowest BCUT2D eigenvalue weighted by Gasteiger charge is -2.27. The van der Waals surface area contributed by atoms with Gasteiger partial charge in [-0.2, -0.15) is 0 Å². The van der Waals surface area contributed by atoms with Crippen molar-refractivity contribution in [3.63, 3.8) is 0 Å². The predicted octanol–water partition coefficient (Wildman–Crippen LogP) is 4.71. The Morgan fingerprint density at radius 2 is 1.88 bits per heavy atom. The second-order valence-electron chi connectivity index (χ2n) is 8.86. The molecule has 3 atom stereocenters. The maximum Gasteiger partial charge on any atom is 0.274 e. The van der Waals surface area contributed by atoms with Gasteiger partial charge in [-0.25, -0.2) is 9.37 Å². The first-order valence-corrected chi connectivity index (χ1v) is 12.2. The predicted molar refractivity (Wildman–Crippen MR) is 127 cm³/mol. The summed E-state index contributed by atoms with van der Waals surface area (Å²) in [4.78, 5) is 33.5. The monoisotopic (exact) mass is 463 g/mol. The third-order valence-electron chi connectivity index (χ3n) is 6.70. The minimum Gasteiger partial charge on any atom is -0.350 e. The molecule has 5 rings (SSSR count). The summed E-state index contributed by atoms with van der Waals surface area (Å²) in [5, 5.41) is 3.80. The second-order valence-corrected chi connectivity index (χ2v) is 10.1. The number of rotatable bonds is 6. The van der Waals surface area contributed by atoms with E-state index in [9.17, 15) is 14.0 Å². The molecule has 2 heterocycles. The number of halogens is 1. The first kappa shape index (κ1) is 21.8. The number of benzene rings is 2. The fourth-order valence-electron chi connectivity index (χ4n) is 4.76. The molecule has 1 aromatic heterocycles. The second kappa shape index (κ2) is 8.71. The number of aryl methyl sites for hydroxylation is 2. The maximum atomic E-state index is 13.6. The molecule has 1 aliphatic carbocycles. The lowest BCUT2D eigenvalue weighted by atomic mass is 10.1. The molecule has 1 saturated carbocycles. The summed E-state index contributed by atoms with van der Waals surface area (Å²) in [5.74, 6) is 0.205. The number of hydrogen-bond acceptors (Lipinski definition) is 4. The number of likely N-dealkylation sites (tertiary alicyclic amines) is 1. The first-order chi connectivity index (χ1) is 15.9. The van der Waals surface area contributed by atoms with Crippen LogP contribution in [0.25, 0.3) is 10.4 Å². The Morgan fingerprint density at radius 1 is 1.15 bits per heavy atom. The zero-order chi connectivity index (χ0) is 23.1. The van der Waals surface area contributed by atoms with Crippen LogP contribution in [0.4, 0.5) is 4.39 Å². The van der Waals surface area contributed by atoms with Gasteiger partial charge in [0.05, 0.1) is 15.9 Å². The van der Waals surface area contributed by atoms with E-state index in [-0.39, 0.29) is 23.7 Å². The highest BCUT2D eigenvalue weighted by Gasteiger charge is 2.54. The van der Waals surface area contributed by atoms with Crippen molar-refractivity contribution in [1.82, 2.24) is 15.2 Å². The molecule has 1 saturated heterocycles. The molecule has 7 heteroatoms. The normalized spacial score (nSPS) is 21.1. The Morgan fingerprint density at radius 3 is 2.58 bits per heavy atom. The average molecular weight is 464 g/mol. The molecular formula is C26H26FN3O2S. The quantitative estimate of drug-likeness (QED) is 0.576. The van der Waals surface area contributed by atoms with Crippen LogP contribution >= 0.6 is 11.3 Å². The zero-order valence-electron chi connectivity index (χ0n) is 18.7. The molecule has 1 aliphatic heterocycles. The van der Waals surface area contributed by atoms with Crippen molar-refractivity contribution in [3.8, 4) is 10.4 Å². The van der Waals surface area contributed by atoms with Gasteiger partial charge in [-0.15, -0.1) is 11.3 Å². The summed E-state index contributed by atoms with van der Waals surface area (Å²) in [7, 11) is 0. The third kappa shape index (κ3) is 4.29. The Bertz CT molecular complexity index is 1190. The number of nitrogens with zero attached hydrogens (tertiary/aromatic N) is 2. The molecule has 2 amide bonds. The van der Waals surface area contributed by atoms with Crippen LogP contribution in [0.1, 0.15) is 44.8 Å². The van der Waals surface area contributed by atoms with E-state index >= 15 is 0 Å². The van der Waals surface area contributed by atoms with Crippen LogP contribution in [0.2, 0.25) is 0 Å². The smallest absolute Gasteiger partial charge is 0.274 e. The van der Waals surface area contributed by atoms with Gasteiger partial charge in [0, 0.05) is 18.7 Å². The zero-order valence-corrected chi connectivity index (χ0v) is 19.5. The molecule has 5 nitrogen and oxygen atoms in total. The minimum atomic E-state index is -0.376. The maximum absolute atomic E-state index is 13.6. The van der Waals surface area contributed by atoms with Crippen molar-refractivity contribution in [2.45, 2.75) is 32.7 Å². The van der Waals surface area contributed by atoms with Gasteiger partial charge in [0.25, 0.3) is 11.8 Å². The van der Waals surface area contributed by atoms with E-state index in [4.69, 9.17) is 0 Å². The van der Waals surface area contributed by atoms with E-state index in [1.807, 2.05) is 11.8 Å². The number of carbonyl (C=O) groups excluding carboxylic acids is 2. The molecule has 0 bridgehead atoms. The van der Waals surface area contributed by atoms with Gasteiger partial charge in [-0.3, -0.25) is 9.59 Å². The number of piperidine rings is 1. The molecule has 2 fully saturated rings. The van der Waals surface area contributed by atoms with E-state index in [1.165, 1.54) is 41.2 Å². The van der Waals surface area contributed by atoms with Crippen LogP contribution in [0.5, 0.6) is 0 Å². The van der Waals surface area contributed by atoms with Crippen molar-refractivity contribution in [3.05, 3.63) is 76.2 Å². The summed E-state index contributed by atoms with van der Waals surface area (Å²) in [6, 6.07) is 13.7. The van der Waals surface area contributed by atoms with E-state index < -0.39 is 0 Å². The molecule has 2 aromatic carbocycles. The molecule has 0 spiro atoms. The Kier molecular flexibility index (Phi) is 5.74. The summed E-state index contributed by atoms with van der Waals surface area (Å²) in [5.41, 5.74) is 3.17. The van der Waals surface area contributed by atoms with E-state index in [2.05, 4.69) is 41.5 Å². The summed E-state index contributed by atoms with van der Waals surface area (Å²) >= 11 is 1.54. The van der Waals surface area contributed by atoms with Gasteiger partial charge >= 0.3 is 0 Å². The summed E-state index contributed by atoms with van der Waals surface area (Å²) in [6.07, 6.45) is 2.05. The largest absolute Gasteiger partial charge is 0.350 e. The number of aromatic nitrogens is 1. The van der Waals surface area contributed by atoms with Crippen molar-refractivity contribution < 1.29 is 14.0 Å². The van der Waals surface area contributed by atoms with Crippen LogP contribution in [-0.2, 0) is 6.42 Å². The number of fused-ring (bicyclic) bond motifs is 1. The average Bonchev–Trinajstić information content (AvgIpc) is 3.34. The Labute approximate surface area is 196 Å². The molecule has 3 unspecified atom stereocenters.